The molecule has 1 aliphatic carbocycles. The Balaban J connectivity index is 1.65. The second-order valence-corrected chi connectivity index (χ2v) is 10.7. The number of aromatic nitrogens is 2. The van der Waals surface area contributed by atoms with Gasteiger partial charge in [-0.3, -0.25) is 4.79 Å². The van der Waals surface area contributed by atoms with Crippen molar-refractivity contribution in [3.8, 4) is 6.07 Å². The molecule has 3 rings (SSSR count). The highest BCUT2D eigenvalue weighted by Crippen LogP contribution is 2.44. The monoisotopic (exact) mass is 473 g/mol. The third-order valence-electron chi connectivity index (χ3n) is 5.48. The molecule has 8 nitrogen and oxygen atoms in total. The standard InChI is InChI=1S/C22H27N5O3S2/c1-5-30-20(29)15-10-25-21(27-18(15)24)31-11-17(28)26-19-14(9-23)13-7-6-12(22(2,3)4)8-16(13)32-19/h10,12H,5-8,11H2,1-4H3,(H,26,28)(H2,24,25,27). The van der Waals surface area contributed by atoms with Gasteiger partial charge in [-0.05, 0) is 43.1 Å². The molecule has 1 amide bonds. The number of hydrogen-bond donors (Lipinski definition) is 2. The molecule has 2 aromatic heterocycles. The molecular formula is C22H27N5O3S2. The van der Waals surface area contributed by atoms with Gasteiger partial charge in [-0.25, -0.2) is 14.8 Å². The van der Waals surface area contributed by atoms with Crippen LogP contribution in [0.4, 0.5) is 10.8 Å². The van der Waals surface area contributed by atoms with Crippen molar-refractivity contribution in [2.75, 3.05) is 23.4 Å². The average Bonchev–Trinajstić information content (AvgIpc) is 3.07. The molecule has 0 radical (unpaired) electrons. The summed E-state index contributed by atoms with van der Waals surface area (Å²) >= 11 is 2.61. The normalized spacial score (nSPS) is 15.5. The molecule has 0 saturated heterocycles. The molecule has 1 unspecified atom stereocenters. The second kappa shape index (κ2) is 9.88. The summed E-state index contributed by atoms with van der Waals surface area (Å²) < 4.78 is 4.90. The number of amides is 1. The van der Waals surface area contributed by atoms with E-state index in [0.29, 0.717) is 16.5 Å². The van der Waals surface area contributed by atoms with Crippen LogP contribution in [0.25, 0.3) is 0 Å². The van der Waals surface area contributed by atoms with E-state index < -0.39 is 5.97 Å². The Morgan fingerprint density at radius 3 is 2.81 bits per heavy atom. The van der Waals surface area contributed by atoms with Crippen molar-refractivity contribution in [3.05, 3.63) is 27.8 Å². The van der Waals surface area contributed by atoms with E-state index in [1.54, 1.807) is 6.92 Å². The molecule has 32 heavy (non-hydrogen) atoms. The fraction of sp³-hybridized carbons (Fsp3) is 0.500. The number of carbonyl (C=O) groups excluding carboxylic acids is 2. The van der Waals surface area contributed by atoms with Crippen LogP contribution < -0.4 is 11.1 Å². The molecule has 0 saturated carbocycles. The van der Waals surface area contributed by atoms with E-state index in [2.05, 4.69) is 42.1 Å². The maximum atomic E-state index is 12.5. The number of anilines is 2. The van der Waals surface area contributed by atoms with E-state index in [1.807, 2.05) is 0 Å². The molecule has 1 atom stereocenters. The highest BCUT2D eigenvalue weighted by Gasteiger charge is 2.32. The van der Waals surface area contributed by atoms with E-state index in [-0.39, 0.29) is 40.2 Å². The molecule has 0 aliphatic heterocycles. The van der Waals surface area contributed by atoms with Crippen molar-refractivity contribution in [1.29, 1.82) is 5.26 Å². The number of nitrogens with two attached hydrogens (primary N) is 1. The van der Waals surface area contributed by atoms with Crippen LogP contribution in [-0.2, 0) is 22.4 Å². The molecule has 0 spiro atoms. The van der Waals surface area contributed by atoms with Crippen molar-refractivity contribution in [3.63, 3.8) is 0 Å². The predicted octanol–water partition coefficient (Wildman–Crippen LogP) is 4.05. The van der Waals surface area contributed by atoms with Gasteiger partial charge in [-0.2, -0.15) is 5.26 Å². The Bertz CT molecular complexity index is 1070. The first-order chi connectivity index (χ1) is 15.1. The number of nitrogens with one attached hydrogen (secondary N) is 1. The Kier molecular flexibility index (Phi) is 7.41. The number of thioether (sulfide) groups is 1. The summed E-state index contributed by atoms with van der Waals surface area (Å²) in [4.78, 5) is 33.7. The third kappa shape index (κ3) is 5.40. The molecule has 0 fully saturated rings. The number of thiophene rings is 1. The molecule has 10 heteroatoms. The Hall–Kier alpha value is -2.64. The molecular weight excluding hydrogens is 446 g/mol. The van der Waals surface area contributed by atoms with Crippen molar-refractivity contribution in [2.24, 2.45) is 11.3 Å². The number of carbonyl (C=O) groups is 2. The van der Waals surface area contributed by atoms with Gasteiger partial charge in [0.2, 0.25) is 5.91 Å². The lowest BCUT2D eigenvalue weighted by atomic mass is 9.72. The molecule has 2 heterocycles. The van der Waals surface area contributed by atoms with E-state index in [9.17, 15) is 14.9 Å². The van der Waals surface area contributed by atoms with Crippen LogP contribution in [0.15, 0.2) is 11.4 Å². The van der Waals surface area contributed by atoms with Crippen LogP contribution in [0.1, 0.15) is 60.5 Å². The van der Waals surface area contributed by atoms with Gasteiger partial charge in [0.15, 0.2) is 5.16 Å². The van der Waals surface area contributed by atoms with Crippen molar-refractivity contribution in [1.82, 2.24) is 9.97 Å². The zero-order valence-electron chi connectivity index (χ0n) is 18.7. The van der Waals surface area contributed by atoms with E-state index in [1.165, 1.54) is 22.4 Å². The number of nitrogens with zero attached hydrogens (tertiary/aromatic N) is 3. The SMILES string of the molecule is CCOC(=O)c1cnc(SCC(=O)Nc2sc3c(c2C#N)CCC(C(C)(C)C)C3)nc1N. The minimum atomic E-state index is -0.585. The van der Waals surface area contributed by atoms with Crippen LogP contribution in [-0.4, -0.2) is 34.2 Å². The van der Waals surface area contributed by atoms with E-state index in [0.717, 1.165) is 36.6 Å². The summed E-state index contributed by atoms with van der Waals surface area (Å²) in [7, 11) is 0. The molecule has 1 aliphatic rings. The van der Waals surface area contributed by atoms with Crippen LogP contribution in [0.3, 0.4) is 0 Å². The Morgan fingerprint density at radius 2 is 2.19 bits per heavy atom. The second-order valence-electron chi connectivity index (χ2n) is 8.63. The van der Waals surface area contributed by atoms with Crippen molar-refractivity contribution in [2.45, 2.75) is 52.1 Å². The van der Waals surface area contributed by atoms with Gasteiger partial charge in [0.1, 0.15) is 22.5 Å². The highest BCUT2D eigenvalue weighted by molar-refractivity contribution is 7.99. The minimum Gasteiger partial charge on any atom is -0.462 e. The van der Waals surface area contributed by atoms with Gasteiger partial charge in [-0.15, -0.1) is 11.3 Å². The number of ether oxygens (including phenoxy) is 1. The lowest BCUT2D eigenvalue weighted by molar-refractivity contribution is -0.113. The Labute approximate surface area is 196 Å². The maximum absolute atomic E-state index is 12.5. The summed E-state index contributed by atoms with van der Waals surface area (Å²) in [6.45, 7) is 8.66. The zero-order valence-corrected chi connectivity index (χ0v) is 20.3. The zero-order chi connectivity index (χ0) is 23.5. The fourth-order valence-corrected chi connectivity index (χ4v) is 5.55. The van der Waals surface area contributed by atoms with Crippen molar-refractivity contribution >= 4 is 45.8 Å². The van der Waals surface area contributed by atoms with Gasteiger partial charge in [0.25, 0.3) is 0 Å². The lowest BCUT2D eigenvalue weighted by Crippen LogP contribution is -2.26. The van der Waals surface area contributed by atoms with Crippen LogP contribution in [0.2, 0.25) is 0 Å². The van der Waals surface area contributed by atoms with Crippen molar-refractivity contribution < 1.29 is 14.3 Å². The van der Waals surface area contributed by atoms with Gasteiger partial charge in [0, 0.05) is 11.1 Å². The summed E-state index contributed by atoms with van der Waals surface area (Å²) in [5, 5.41) is 13.4. The number of rotatable bonds is 6. The maximum Gasteiger partial charge on any atom is 0.343 e. The number of hydrogen-bond acceptors (Lipinski definition) is 9. The highest BCUT2D eigenvalue weighted by atomic mass is 32.2. The Morgan fingerprint density at radius 1 is 1.44 bits per heavy atom. The quantitative estimate of drug-likeness (QED) is 0.365. The first kappa shape index (κ1) is 24.0. The van der Waals surface area contributed by atoms with Crippen LogP contribution in [0.5, 0.6) is 0 Å². The van der Waals surface area contributed by atoms with E-state index in [4.69, 9.17) is 10.5 Å². The van der Waals surface area contributed by atoms with E-state index >= 15 is 0 Å². The van der Waals surface area contributed by atoms with Gasteiger partial charge >= 0.3 is 5.97 Å². The fourth-order valence-electron chi connectivity index (χ4n) is 3.64. The molecule has 170 valence electrons. The molecule has 0 bridgehead atoms. The number of nitriles is 1. The first-order valence-electron chi connectivity index (χ1n) is 10.4. The number of fused-ring (bicyclic) bond motifs is 1. The summed E-state index contributed by atoms with van der Waals surface area (Å²) in [5.41, 5.74) is 7.77. The first-order valence-corrected chi connectivity index (χ1v) is 12.2. The van der Waals surface area contributed by atoms with Gasteiger partial charge in [-0.1, -0.05) is 32.5 Å². The molecule has 0 aromatic carbocycles. The topological polar surface area (TPSA) is 131 Å². The smallest absolute Gasteiger partial charge is 0.343 e. The summed E-state index contributed by atoms with van der Waals surface area (Å²) in [6.07, 6.45) is 4.14. The van der Waals surface area contributed by atoms with Gasteiger partial charge < -0.3 is 15.8 Å². The number of nitrogen functional groups attached to an aromatic ring is 1. The minimum absolute atomic E-state index is 0.00691. The molecule has 3 N–H and O–H groups in total. The van der Waals surface area contributed by atoms with Crippen LogP contribution in [0, 0.1) is 22.7 Å². The molecule has 2 aromatic rings. The van der Waals surface area contributed by atoms with Gasteiger partial charge in [0.05, 0.1) is 17.9 Å². The summed E-state index contributed by atoms with van der Waals surface area (Å²) in [5.74, 6) is -0.226. The average molecular weight is 474 g/mol. The lowest BCUT2D eigenvalue weighted by Gasteiger charge is -2.33. The number of esters is 1. The summed E-state index contributed by atoms with van der Waals surface area (Å²) in [6, 6.07) is 2.27. The predicted molar refractivity (Wildman–Crippen MR) is 126 cm³/mol. The third-order valence-corrected chi connectivity index (χ3v) is 7.51. The van der Waals surface area contributed by atoms with Crippen LogP contribution >= 0.6 is 23.1 Å². The largest absolute Gasteiger partial charge is 0.462 e.